The molecule has 0 spiro atoms. The van der Waals surface area contributed by atoms with Gasteiger partial charge >= 0.3 is 0 Å². The van der Waals surface area contributed by atoms with E-state index in [4.69, 9.17) is 10.8 Å². The normalized spacial score (nSPS) is 9.37. The average molecular weight is 261 g/mol. The minimum atomic E-state index is -0.589. The molecule has 3 N–H and O–H groups in total. The zero-order valence-corrected chi connectivity index (χ0v) is 10.6. The first kappa shape index (κ1) is 14.7. The van der Waals surface area contributed by atoms with Gasteiger partial charge < -0.3 is 15.7 Å². The number of hydrogen-bond acceptors (Lipinski definition) is 4. The lowest BCUT2D eigenvalue weighted by molar-refractivity contribution is -0.118. The maximum Gasteiger partial charge on any atom is 0.274 e. The van der Waals surface area contributed by atoms with Gasteiger partial charge in [-0.3, -0.25) is 9.59 Å². The minimum absolute atomic E-state index is 0.145. The highest BCUT2D eigenvalue weighted by atomic mass is 16.2. The van der Waals surface area contributed by atoms with E-state index in [2.05, 4.69) is 16.8 Å². The summed E-state index contributed by atoms with van der Waals surface area (Å²) in [7, 11) is 0. The van der Waals surface area contributed by atoms with E-state index in [1.807, 2.05) is 0 Å². The number of likely N-dealkylation sites (N-methyl/N-ethyl adjacent to an activating group) is 1. The highest BCUT2D eigenvalue weighted by molar-refractivity contribution is 5.96. The van der Waals surface area contributed by atoms with Crippen molar-refractivity contribution in [2.24, 2.45) is 5.73 Å². The SMILES string of the molecule is CCN(CC(N)=O)C(=O)c1ncccc1C#CCO. The molecule has 0 aliphatic rings. The Hall–Kier alpha value is -2.39. The fraction of sp³-hybridized carbons (Fsp3) is 0.308. The van der Waals surface area contributed by atoms with E-state index in [-0.39, 0.29) is 18.8 Å². The molecule has 0 aromatic carbocycles. The number of nitrogens with two attached hydrogens (primary N) is 1. The molecule has 0 radical (unpaired) electrons. The topological polar surface area (TPSA) is 96.5 Å². The number of aromatic nitrogens is 1. The second kappa shape index (κ2) is 7.13. The van der Waals surface area contributed by atoms with Gasteiger partial charge in [0.15, 0.2) is 0 Å². The molecular formula is C13H15N3O3. The minimum Gasteiger partial charge on any atom is -0.384 e. The predicted octanol–water partition coefficient (Wildman–Crippen LogP) is -0.627. The van der Waals surface area contributed by atoms with Gasteiger partial charge in [-0.15, -0.1) is 0 Å². The molecule has 0 saturated carbocycles. The number of amides is 2. The second-order valence-corrected chi connectivity index (χ2v) is 3.65. The third-order valence-electron chi connectivity index (χ3n) is 2.33. The summed E-state index contributed by atoms with van der Waals surface area (Å²) in [6, 6.07) is 3.27. The smallest absolute Gasteiger partial charge is 0.274 e. The van der Waals surface area contributed by atoms with Crippen LogP contribution in [0.25, 0.3) is 0 Å². The van der Waals surface area contributed by atoms with Gasteiger partial charge in [0.05, 0.1) is 12.1 Å². The number of carbonyl (C=O) groups excluding carboxylic acids is 2. The fourth-order valence-corrected chi connectivity index (χ4v) is 1.48. The highest BCUT2D eigenvalue weighted by Gasteiger charge is 2.19. The number of primary amides is 1. The standard InChI is InChI=1S/C13H15N3O3/c1-2-16(9-11(14)18)13(19)12-10(6-4-8-17)5-3-7-15-12/h3,5,7,17H,2,8-9H2,1H3,(H2,14,18). The maximum atomic E-state index is 12.2. The van der Waals surface area contributed by atoms with Gasteiger partial charge in [0.2, 0.25) is 5.91 Å². The van der Waals surface area contributed by atoms with Crippen LogP contribution >= 0.6 is 0 Å². The van der Waals surface area contributed by atoms with E-state index in [0.29, 0.717) is 12.1 Å². The zero-order chi connectivity index (χ0) is 14.3. The monoisotopic (exact) mass is 261 g/mol. The Kier molecular flexibility index (Phi) is 5.51. The first-order valence-corrected chi connectivity index (χ1v) is 5.72. The van der Waals surface area contributed by atoms with Gasteiger partial charge in [0, 0.05) is 12.7 Å². The molecule has 0 atom stereocenters. The van der Waals surface area contributed by atoms with Crippen LogP contribution in [0.4, 0.5) is 0 Å². The van der Waals surface area contributed by atoms with Gasteiger partial charge in [-0.2, -0.15) is 0 Å². The summed E-state index contributed by atoms with van der Waals surface area (Å²) in [5.41, 5.74) is 5.64. The van der Waals surface area contributed by atoms with Crippen molar-refractivity contribution in [1.29, 1.82) is 0 Å². The summed E-state index contributed by atoms with van der Waals surface area (Å²) in [6.07, 6.45) is 1.47. The predicted molar refractivity (Wildman–Crippen MR) is 69.0 cm³/mol. The van der Waals surface area contributed by atoms with Crippen LogP contribution in [-0.2, 0) is 4.79 Å². The summed E-state index contributed by atoms with van der Waals surface area (Å²) in [4.78, 5) is 28.4. The Labute approximate surface area is 111 Å². The van der Waals surface area contributed by atoms with Crippen LogP contribution in [0.15, 0.2) is 18.3 Å². The summed E-state index contributed by atoms with van der Waals surface area (Å²) in [5, 5.41) is 8.68. The molecule has 1 heterocycles. The molecule has 1 aromatic rings. The summed E-state index contributed by atoms with van der Waals surface area (Å²) < 4.78 is 0. The Morgan fingerprint density at radius 2 is 2.26 bits per heavy atom. The number of carbonyl (C=O) groups is 2. The van der Waals surface area contributed by atoms with E-state index in [1.54, 1.807) is 19.1 Å². The van der Waals surface area contributed by atoms with Crippen molar-refractivity contribution in [3.63, 3.8) is 0 Å². The second-order valence-electron chi connectivity index (χ2n) is 3.65. The highest BCUT2D eigenvalue weighted by Crippen LogP contribution is 2.07. The number of aliphatic hydroxyl groups excluding tert-OH is 1. The van der Waals surface area contributed by atoms with Gasteiger partial charge in [0.25, 0.3) is 5.91 Å². The first-order chi connectivity index (χ1) is 9.10. The van der Waals surface area contributed by atoms with E-state index >= 15 is 0 Å². The van der Waals surface area contributed by atoms with Crippen molar-refractivity contribution in [3.05, 3.63) is 29.6 Å². The van der Waals surface area contributed by atoms with Gasteiger partial charge in [-0.1, -0.05) is 11.8 Å². The quantitative estimate of drug-likeness (QED) is 0.705. The number of rotatable bonds is 4. The molecule has 19 heavy (non-hydrogen) atoms. The molecule has 0 saturated heterocycles. The lowest BCUT2D eigenvalue weighted by atomic mass is 10.1. The summed E-state index contributed by atoms with van der Waals surface area (Å²) in [5.74, 6) is 4.11. The van der Waals surface area contributed by atoms with Crippen LogP contribution in [-0.4, -0.2) is 46.5 Å². The fourth-order valence-electron chi connectivity index (χ4n) is 1.48. The molecule has 6 nitrogen and oxygen atoms in total. The number of hydrogen-bond donors (Lipinski definition) is 2. The van der Waals surface area contributed by atoms with Gasteiger partial charge in [-0.25, -0.2) is 4.98 Å². The molecule has 2 amide bonds. The summed E-state index contributed by atoms with van der Waals surface area (Å²) in [6.45, 7) is 1.61. The van der Waals surface area contributed by atoms with E-state index < -0.39 is 11.8 Å². The van der Waals surface area contributed by atoms with Crippen molar-refractivity contribution < 1.29 is 14.7 Å². The van der Waals surface area contributed by atoms with Crippen LogP contribution in [0.5, 0.6) is 0 Å². The molecule has 0 fully saturated rings. The van der Waals surface area contributed by atoms with Crippen LogP contribution in [0, 0.1) is 11.8 Å². The Morgan fingerprint density at radius 1 is 1.53 bits per heavy atom. The van der Waals surface area contributed by atoms with Crippen molar-refractivity contribution in [3.8, 4) is 11.8 Å². The summed E-state index contributed by atoms with van der Waals surface area (Å²) >= 11 is 0. The molecule has 100 valence electrons. The molecule has 0 bridgehead atoms. The molecule has 0 unspecified atom stereocenters. The lowest BCUT2D eigenvalue weighted by Crippen LogP contribution is -2.38. The third-order valence-corrected chi connectivity index (χ3v) is 2.33. The Morgan fingerprint density at radius 3 is 2.84 bits per heavy atom. The van der Waals surface area contributed by atoms with Gasteiger partial charge in [-0.05, 0) is 19.1 Å². The van der Waals surface area contributed by atoms with E-state index in [1.165, 1.54) is 11.1 Å². The third kappa shape index (κ3) is 4.08. The molecule has 1 aromatic heterocycles. The molecule has 0 aliphatic heterocycles. The van der Waals surface area contributed by atoms with E-state index in [0.717, 1.165) is 0 Å². The van der Waals surface area contributed by atoms with Gasteiger partial charge in [0.1, 0.15) is 12.3 Å². The zero-order valence-electron chi connectivity index (χ0n) is 10.6. The molecule has 0 aliphatic carbocycles. The number of aliphatic hydroxyl groups is 1. The van der Waals surface area contributed by atoms with Crippen LogP contribution in [0.3, 0.4) is 0 Å². The molecular weight excluding hydrogens is 246 g/mol. The molecule has 6 heteroatoms. The van der Waals surface area contributed by atoms with Crippen LogP contribution in [0.2, 0.25) is 0 Å². The van der Waals surface area contributed by atoms with Crippen molar-refractivity contribution >= 4 is 11.8 Å². The Bertz CT molecular complexity index is 531. The van der Waals surface area contributed by atoms with Crippen molar-refractivity contribution in [1.82, 2.24) is 9.88 Å². The average Bonchev–Trinajstić information content (AvgIpc) is 2.41. The number of nitrogens with zero attached hydrogens (tertiary/aromatic N) is 2. The van der Waals surface area contributed by atoms with Crippen LogP contribution < -0.4 is 5.73 Å². The van der Waals surface area contributed by atoms with E-state index in [9.17, 15) is 9.59 Å². The van der Waals surface area contributed by atoms with Crippen LogP contribution in [0.1, 0.15) is 23.0 Å². The maximum absolute atomic E-state index is 12.2. The van der Waals surface area contributed by atoms with Crippen molar-refractivity contribution in [2.45, 2.75) is 6.92 Å². The number of pyridine rings is 1. The molecule has 1 rings (SSSR count). The Balaban J connectivity index is 3.07. The largest absolute Gasteiger partial charge is 0.384 e. The van der Waals surface area contributed by atoms with Crippen molar-refractivity contribution in [2.75, 3.05) is 19.7 Å². The lowest BCUT2D eigenvalue weighted by Gasteiger charge is -2.18. The first-order valence-electron chi connectivity index (χ1n) is 5.72.